The van der Waals surface area contributed by atoms with Gasteiger partial charge in [0, 0.05) is 38.7 Å². The molecule has 1 aromatic carbocycles. The molecule has 1 heterocycles. The van der Waals surface area contributed by atoms with Gasteiger partial charge >= 0.3 is 0 Å². The van der Waals surface area contributed by atoms with Crippen molar-refractivity contribution in [3.63, 3.8) is 0 Å². The summed E-state index contributed by atoms with van der Waals surface area (Å²) < 4.78 is 13.9. The summed E-state index contributed by atoms with van der Waals surface area (Å²) >= 11 is 0. The second-order valence-electron chi connectivity index (χ2n) is 5.94. The fourth-order valence-electron chi connectivity index (χ4n) is 2.98. The van der Waals surface area contributed by atoms with Crippen molar-refractivity contribution in [2.45, 2.75) is 25.8 Å². The Morgan fingerprint density at radius 3 is 2.92 bits per heavy atom. The van der Waals surface area contributed by atoms with E-state index in [9.17, 15) is 9.18 Å². The predicted octanol–water partition coefficient (Wildman–Crippen LogP) is 1.98. The van der Waals surface area contributed by atoms with Gasteiger partial charge in [0.2, 0.25) is 5.91 Å². The van der Waals surface area contributed by atoms with E-state index >= 15 is 0 Å². The summed E-state index contributed by atoms with van der Waals surface area (Å²) in [7, 11) is 1.68. The van der Waals surface area contributed by atoms with E-state index in [1.165, 1.54) is 6.07 Å². The molecule has 25 heavy (non-hydrogen) atoms. The largest absolute Gasteiger partial charge is 0.370 e. The Kier molecular flexibility index (Phi) is 8.61. The number of amides is 1. The summed E-state index contributed by atoms with van der Waals surface area (Å²) in [5.74, 6) is 0.195. The van der Waals surface area contributed by atoms with Gasteiger partial charge in [-0.15, -0.1) is 24.0 Å². The van der Waals surface area contributed by atoms with Crippen molar-refractivity contribution in [1.29, 1.82) is 5.26 Å². The van der Waals surface area contributed by atoms with E-state index in [1.54, 1.807) is 19.2 Å². The van der Waals surface area contributed by atoms with E-state index in [0.29, 0.717) is 30.1 Å². The van der Waals surface area contributed by atoms with Gasteiger partial charge in [-0.05, 0) is 30.9 Å². The molecule has 0 saturated carbocycles. The molecular weight excluding hydrogens is 436 g/mol. The molecule has 1 aromatic rings. The number of guanidine groups is 1. The van der Waals surface area contributed by atoms with Crippen molar-refractivity contribution in [2.75, 3.05) is 20.1 Å². The maximum absolute atomic E-state index is 13.9. The van der Waals surface area contributed by atoms with Gasteiger partial charge in [-0.2, -0.15) is 5.26 Å². The molecule has 1 amide bonds. The highest BCUT2D eigenvalue weighted by atomic mass is 127. The average Bonchev–Trinajstić information content (AvgIpc) is 2.56. The molecule has 2 rings (SSSR count). The molecule has 6 nitrogen and oxygen atoms in total. The van der Waals surface area contributed by atoms with Crippen molar-refractivity contribution in [1.82, 2.24) is 10.2 Å². The molecule has 0 aliphatic carbocycles. The summed E-state index contributed by atoms with van der Waals surface area (Å²) in [5.41, 5.74) is 6.05. The van der Waals surface area contributed by atoms with E-state index in [-0.39, 0.29) is 42.3 Å². The highest BCUT2D eigenvalue weighted by Gasteiger charge is 2.23. The third-order valence-corrected chi connectivity index (χ3v) is 4.14. The lowest BCUT2D eigenvalue weighted by atomic mass is 9.95. The van der Waals surface area contributed by atoms with E-state index in [2.05, 4.69) is 15.2 Å². The monoisotopic (exact) mass is 459 g/mol. The number of nitrogens with two attached hydrogens (primary N) is 1. The summed E-state index contributed by atoms with van der Waals surface area (Å²) in [6.45, 7) is 1.82. The van der Waals surface area contributed by atoms with E-state index < -0.39 is 5.82 Å². The second kappa shape index (κ2) is 10.2. The normalized spacial score (nSPS) is 17.4. The quantitative estimate of drug-likeness (QED) is 0.409. The van der Waals surface area contributed by atoms with Crippen molar-refractivity contribution in [3.8, 4) is 6.07 Å². The maximum atomic E-state index is 13.9. The molecular formula is C17H23FIN5O. The molecule has 8 heteroatoms. The topological polar surface area (TPSA) is 94.5 Å². The fraction of sp³-hybridized carbons (Fsp3) is 0.471. The van der Waals surface area contributed by atoms with Crippen LogP contribution in [-0.4, -0.2) is 36.9 Å². The Morgan fingerprint density at radius 2 is 2.32 bits per heavy atom. The van der Waals surface area contributed by atoms with Gasteiger partial charge in [0.15, 0.2) is 5.96 Å². The Hall–Kier alpha value is -1.89. The zero-order chi connectivity index (χ0) is 17.5. The first-order chi connectivity index (χ1) is 11.5. The van der Waals surface area contributed by atoms with Gasteiger partial charge in [0.1, 0.15) is 5.82 Å². The standard InChI is InChI=1S/C17H22FN5O.HI/c1-21-17(23-6-2-3-13(11-23)8-16(20)24)22-10-14-5-4-12(9-19)7-15(14)18;/h4-5,7,13H,2-3,6,8,10-11H2,1H3,(H2,20,24)(H,21,22);1H. The Bertz CT molecular complexity index is 673. The van der Waals surface area contributed by atoms with Crippen molar-refractivity contribution >= 4 is 35.8 Å². The number of nitrogens with one attached hydrogen (secondary N) is 1. The smallest absolute Gasteiger partial charge is 0.217 e. The summed E-state index contributed by atoms with van der Waals surface area (Å²) in [5, 5.41) is 11.9. The number of piperidine rings is 1. The van der Waals surface area contributed by atoms with Gasteiger partial charge in [-0.25, -0.2) is 4.39 Å². The second-order valence-corrected chi connectivity index (χ2v) is 5.94. The molecule has 1 saturated heterocycles. The van der Waals surface area contributed by atoms with Crippen LogP contribution in [0.4, 0.5) is 4.39 Å². The molecule has 1 atom stereocenters. The van der Waals surface area contributed by atoms with Gasteiger partial charge in [0.05, 0.1) is 11.6 Å². The molecule has 136 valence electrons. The number of nitrogens with zero attached hydrogens (tertiary/aromatic N) is 3. The van der Waals surface area contributed by atoms with Gasteiger partial charge in [-0.3, -0.25) is 9.79 Å². The summed E-state index contributed by atoms with van der Waals surface area (Å²) in [4.78, 5) is 17.4. The number of hydrogen-bond acceptors (Lipinski definition) is 3. The maximum Gasteiger partial charge on any atom is 0.217 e. The first-order valence-electron chi connectivity index (χ1n) is 7.96. The first kappa shape index (κ1) is 21.2. The van der Waals surface area contributed by atoms with Gasteiger partial charge in [-0.1, -0.05) is 6.07 Å². The summed E-state index contributed by atoms with van der Waals surface area (Å²) in [6, 6.07) is 6.33. The number of carbonyl (C=O) groups excluding carboxylic acids is 1. The third-order valence-electron chi connectivity index (χ3n) is 4.14. The zero-order valence-electron chi connectivity index (χ0n) is 14.2. The number of halogens is 2. The molecule has 1 aliphatic heterocycles. The van der Waals surface area contributed by atoms with Crippen LogP contribution in [-0.2, 0) is 11.3 Å². The van der Waals surface area contributed by atoms with E-state index in [4.69, 9.17) is 11.0 Å². The minimum Gasteiger partial charge on any atom is -0.370 e. The number of carbonyl (C=O) groups is 1. The number of nitriles is 1. The van der Waals surface area contributed by atoms with Crippen LogP contribution in [0.2, 0.25) is 0 Å². The van der Waals surface area contributed by atoms with Crippen LogP contribution >= 0.6 is 24.0 Å². The molecule has 0 bridgehead atoms. The Morgan fingerprint density at radius 1 is 1.56 bits per heavy atom. The SMILES string of the molecule is CN=C(NCc1ccc(C#N)cc1F)N1CCCC(CC(N)=O)C1.I. The van der Waals surface area contributed by atoms with Crippen LogP contribution in [0.5, 0.6) is 0 Å². The average molecular weight is 459 g/mol. The third kappa shape index (κ3) is 6.16. The minimum atomic E-state index is -0.415. The van der Waals surface area contributed by atoms with Crippen LogP contribution in [0.1, 0.15) is 30.4 Å². The van der Waals surface area contributed by atoms with Crippen molar-refractivity contribution < 1.29 is 9.18 Å². The molecule has 1 fully saturated rings. The zero-order valence-corrected chi connectivity index (χ0v) is 16.5. The summed E-state index contributed by atoms with van der Waals surface area (Å²) in [6.07, 6.45) is 2.31. The number of benzene rings is 1. The molecule has 1 unspecified atom stereocenters. The van der Waals surface area contributed by atoms with Crippen LogP contribution in [0, 0.1) is 23.1 Å². The number of likely N-dealkylation sites (tertiary alicyclic amines) is 1. The lowest BCUT2D eigenvalue weighted by molar-refractivity contribution is -0.119. The highest BCUT2D eigenvalue weighted by Crippen LogP contribution is 2.19. The first-order valence-corrected chi connectivity index (χ1v) is 7.96. The number of aliphatic imine (C=N–C) groups is 1. The molecule has 1 aliphatic rings. The number of rotatable bonds is 4. The Labute approximate surface area is 164 Å². The van der Waals surface area contributed by atoms with Gasteiger partial charge in [0.25, 0.3) is 0 Å². The molecule has 3 N–H and O–H groups in total. The fourth-order valence-corrected chi connectivity index (χ4v) is 2.98. The Balaban J connectivity index is 0.00000312. The van der Waals surface area contributed by atoms with Crippen LogP contribution in [0.25, 0.3) is 0 Å². The molecule has 0 radical (unpaired) electrons. The van der Waals surface area contributed by atoms with Crippen LogP contribution < -0.4 is 11.1 Å². The highest BCUT2D eigenvalue weighted by molar-refractivity contribution is 14.0. The molecule has 0 aromatic heterocycles. The number of hydrogen-bond donors (Lipinski definition) is 2. The van der Waals surface area contributed by atoms with Crippen molar-refractivity contribution in [3.05, 3.63) is 35.1 Å². The lowest BCUT2D eigenvalue weighted by Crippen LogP contribution is -2.47. The van der Waals surface area contributed by atoms with Crippen LogP contribution in [0.3, 0.4) is 0 Å². The predicted molar refractivity (Wildman–Crippen MR) is 105 cm³/mol. The van der Waals surface area contributed by atoms with Crippen molar-refractivity contribution in [2.24, 2.45) is 16.6 Å². The van der Waals surface area contributed by atoms with Gasteiger partial charge < -0.3 is 16.0 Å². The molecule has 0 spiro atoms. The van der Waals surface area contributed by atoms with E-state index in [0.717, 1.165) is 19.4 Å². The lowest BCUT2D eigenvalue weighted by Gasteiger charge is -2.34. The van der Waals surface area contributed by atoms with Crippen LogP contribution in [0.15, 0.2) is 23.2 Å². The van der Waals surface area contributed by atoms with E-state index in [1.807, 2.05) is 6.07 Å². The number of primary amides is 1. The minimum absolute atomic E-state index is 0.